The fourth-order valence-corrected chi connectivity index (χ4v) is 4.56. The summed E-state index contributed by atoms with van der Waals surface area (Å²) in [4.78, 5) is 29.7. The Labute approximate surface area is 222 Å². The topological polar surface area (TPSA) is 66.7 Å². The molecule has 0 saturated heterocycles. The van der Waals surface area contributed by atoms with E-state index < -0.39 is 0 Å². The lowest BCUT2D eigenvalue weighted by atomic mass is 10.1. The van der Waals surface area contributed by atoms with Crippen LogP contribution in [0.4, 0.5) is 0 Å². The molecule has 3 aromatic rings. The molecule has 186 valence electrons. The monoisotopic (exact) mass is 555 g/mol. The second-order valence-corrected chi connectivity index (χ2v) is 9.49. The van der Waals surface area contributed by atoms with Crippen molar-refractivity contribution < 1.29 is 26.3 Å². The zero-order chi connectivity index (χ0) is 23.8. The van der Waals surface area contributed by atoms with E-state index in [0.717, 1.165) is 22.9 Å². The van der Waals surface area contributed by atoms with Crippen LogP contribution in [0.1, 0.15) is 67.3 Å². The number of aromatic amines is 1. The molecule has 0 atom stereocenters. The first-order chi connectivity index (χ1) is 16.7. The Bertz CT molecular complexity index is 1090. The first-order valence-electron chi connectivity index (χ1n) is 12.2. The highest BCUT2D eigenvalue weighted by molar-refractivity contribution is 7.99. The largest absolute Gasteiger partial charge is 1.00 e. The number of aryl methyl sites for hydroxylation is 1. The second kappa shape index (κ2) is 17.0. The van der Waals surface area contributed by atoms with Gasteiger partial charge in [-0.3, -0.25) is 4.79 Å². The first-order valence-corrected chi connectivity index (χ1v) is 13.1. The standard InChI is InChI=1S/C28H33N3O2S.BrH/c32-26(25-12-8-7-9-13-25)15-14-24-17-21-31(22-18-24)20-10-5-3-1-2-4-6-11-23-34-27-16-19-29-28(33)30-27;/h7-9,12-19,21-22H,1-6,10-11,20,23H2;1H/b15-14+;. The van der Waals surface area contributed by atoms with Gasteiger partial charge < -0.3 is 22.0 Å². The van der Waals surface area contributed by atoms with Crippen LogP contribution >= 0.6 is 11.8 Å². The number of pyridine rings is 1. The number of nitrogens with one attached hydrogen (secondary N) is 1. The molecule has 0 unspecified atom stereocenters. The van der Waals surface area contributed by atoms with E-state index in [9.17, 15) is 9.59 Å². The molecule has 2 aromatic heterocycles. The van der Waals surface area contributed by atoms with Crippen LogP contribution in [0.25, 0.3) is 6.08 Å². The fourth-order valence-electron chi connectivity index (χ4n) is 3.68. The zero-order valence-electron chi connectivity index (χ0n) is 20.1. The van der Waals surface area contributed by atoms with E-state index >= 15 is 0 Å². The number of H-pyrrole nitrogens is 1. The Kier molecular flexibility index (Phi) is 14.0. The van der Waals surface area contributed by atoms with Gasteiger partial charge in [0.2, 0.25) is 0 Å². The molecule has 0 radical (unpaired) electrons. The van der Waals surface area contributed by atoms with Crippen molar-refractivity contribution >= 4 is 23.6 Å². The van der Waals surface area contributed by atoms with Gasteiger partial charge in [0.15, 0.2) is 18.2 Å². The summed E-state index contributed by atoms with van der Waals surface area (Å²) in [6, 6.07) is 15.3. The number of rotatable bonds is 15. The molecule has 0 aliphatic rings. The summed E-state index contributed by atoms with van der Waals surface area (Å²) >= 11 is 1.69. The van der Waals surface area contributed by atoms with Crippen molar-refractivity contribution in [3.63, 3.8) is 0 Å². The number of thioether (sulfide) groups is 1. The van der Waals surface area contributed by atoms with Gasteiger partial charge in [0.25, 0.3) is 0 Å². The van der Waals surface area contributed by atoms with E-state index in [1.165, 1.54) is 51.4 Å². The molecule has 0 aliphatic heterocycles. The third-order valence-electron chi connectivity index (χ3n) is 5.62. The Morgan fingerprint density at radius 1 is 0.886 bits per heavy atom. The van der Waals surface area contributed by atoms with Crippen molar-refractivity contribution in [2.75, 3.05) is 5.75 Å². The number of hydrogen-bond acceptors (Lipinski definition) is 4. The SMILES string of the molecule is O=C(/C=C/c1cc[n+](CCCCCCCCCCSc2ccnc(=O)[nH]2)cc1)c1ccccc1.[Br-]. The summed E-state index contributed by atoms with van der Waals surface area (Å²) in [5.74, 6) is 1.06. The number of allylic oxidation sites excluding steroid dienone is 1. The third-order valence-corrected chi connectivity index (χ3v) is 6.66. The van der Waals surface area contributed by atoms with E-state index in [0.29, 0.717) is 5.56 Å². The van der Waals surface area contributed by atoms with Gasteiger partial charge in [0.1, 0.15) is 6.54 Å². The molecule has 7 heteroatoms. The predicted octanol–water partition coefficient (Wildman–Crippen LogP) is 2.87. The number of nitrogens with zero attached hydrogens (tertiary/aromatic N) is 2. The van der Waals surface area contributed by atoms with Crippen molar-refractivity contribution in [1.82, 2.24) is 9.97 Å². The Morgan fingerprint density at radius 2 is 1.54 bits per heavy atom. The van der Waals surface area contributed by atoms with Gasteiger partial charge in [0, 0.05) is 30.3 Å². The first kappa shape index (κ1) is 28.7. The molecular weight excluding hydrogens is 522 g/mol. The van der Waals surface area contributed by atoms with Gasteiger partial charge in [-0.1, -0.05) is 68.5 Å². The van der Waals surface area contributed by atoms with Crippen molar-refractivity contribution in [1.29, 1.82) is 0 Å². The lowest BCUT2D eigenvalue weighted by Crippen LogP contribution is -3.00. The Balaban J connectivity index is 0.00000432. The summed E-state index contributed by atoms with van der Waals surface area (Å²) in [6.45, 7) is 1.03. The van der Waals surface area contributed by atoms with Crippen LogP contribution < -0.4 is 27.2 Å². The smallest absolute Gasteiger partial charge is 0.345 e. The lowest BCUT2D eigenvalue weighted by Gasteiger charge is -2.03. The number of benzene rings is 1. The van der Waals surface area contributed by atoms with Gasteiger partial charge >= 0.3 is 5.69 Å². The maximum absolute atomic E-state index is 12.2. The molecule has 0 aliphatic carbocycles. The van der Waals surface area contributed by atoms with Gasteiger partial charge in [-0.05, 0) is 36.3 Å². The van der Waals surface area contributed by atoms with E-state index in [1.54, 1.807) is 24.0 Å². The number of aromatic nitrogens is 3. The quantitative estimate of drug-likeness (QED) is 0.0781. The highest BCUT2D eigenvalue weighted by atomic mass is 79.9. The molecule has 3 rings (SSSR count). The molecule has 1 aromatic carbocycles. The van der Waals surface area contributed by atoms with E-state index in [1.807, 2.05) is 42.5 Å². The maximum atomic E-state index is 12.2. The van der Waals surface area contributed by atoms with Crippen LogP contribution in [-0.4, -0.2) is 21.5 Å². The average Bonchev–Trinajstić information content (AvgIpc) is 2.87. The molecular formula is C28H34BrN3O2S. The molecule has 0 amide bonds. The minimum Gasteiger partial charge on any atom is -1.00 e. The van der Waals surface area contributed by atoms with Gasteiger partial charge in [-0.25, -0.2) is 14.3 Å². The fraction of sp³-hybridized carbons (Fsp3) is 0.357. The number of unbranched alkanes of at least 4 members (excludes halogenated alkanes) is 7. The van der Waals surface area contributed by atoms with Crippen LogP contribution in [0.3, 0.4) is 0 Å². The van der Waals surface area contributed by atoms with Crippen molar-refractivity contribution in [3.05, 3.63) is 94.8 Å². The highest BCUT2D eigenvalue weighted by Gasteiger charge is 2.02. The summed E-state index contributed by atoms with van der Waals surface area (Å²) in [5, 5.41) is 0.905. The highest BCUT2D eigenvalue weighted by Crippen LogP contribution is 2.16. The number of ketones is 1. The molecule has 5 nitrogen and oxygen atoms in total. The van der Waals surface area contributed by atoms with Crippen LogP contribution in [0.15, 0.2) is 83.0 Å². The minimum absolute atomic E-state index is 0. The average molecular weight is 557 g/mol. The van der Waals surface area contributed by atoms with Gasteiger partial charge in [-0.2, -0.15) is 0 Å². The lowest BCUT2D eigenvalue weighted by molar-refractivity contribution is -0.697. The Morgan fingerprint density at radius 3 is 2.23 bits per heavy atom. The van der Waals surface area contributed by atoms with Gasteiger partial charge in [0.05, 0.1) is 5.03 Å². The van der Waals surface area contributed by atoms with Crippen molar-refractivity contribution in [3.8, 4) is 0 Å². The molecule has 2 heterocycles. The van der Waals surface area contributed by atoms with E-state index in [2.05, 4.69) is 39.1 Å². The van der Waals surface area contributed by atoms with E-state index in [-0.39, 0.29) is 28.5 Å². The van der Waals surface area contributed by atoms with Crippen LogP contribution in [0.2, 0.25) is 0 Å². The third kappa shape index (κ3) is 11.6. The molecule has 35 heavy (non-hydrogen) atoms. The number of hydrogen-bond donors (Lipinski definition) is 1. The zero-order valence-corrected chi connectivity index (χ0v) is 22.5. The molecule has 0 saturated carbocycles. The molecule has 0 bridgehead atoms. The van der Waals surface area contributed by atoms with Crippen LogP contribution in [0, 0.1) is 0 Å². The normalized spacial score (nSPS) is 10.9. The maximum Gasteiger partial charge on any atom is 0.345 e. The van der Waals surface area contributed by atoms with Crippen molar-refractivity contribution in [2.45, 2.75) is 62.9 Å². The molecule has 1 N–H and O–H groups in total. The summed E-state index contributed by atoms with van der Waals surface area (Å²) in [6.07, 6.45) is 19.3. The summed E-state index contributed by atoms with van der Waals surface area (Å²) < 4.78 is 2.21. The van der Waals surface area contributed by atoms with Crippen LogP contribution in [-0.2, 0) is 6.54 Å². The number of carbonyl (C=O) groups is 1. The van der Waals surface area contributed by atoms with Crippen molar-refractivity contribution in [2.24, 2.45) is 0 Å². The van der Waals surface area contributed by atoms with E-state index in [4.69, 9.17) is 0 Å². The van der Waals surface area contributed by atoms with Gasteiger partial charge in [-0.15, -0.1) is 11.8 Å². The number of halogens is 1. The second-order valence-electron chi connectivity index (χ2n) is 8.35. The molecule has 0 spiro atoms. The predicted molar refractivity (Wildman–Crippen MR) is 139 cm³/mol. The minimum atomic E-state index is -0.273. The number of carbonyl (C=O) groups excluding carboxylic acids is 1. The summed E-state index contributed by atoms with van der Waals surface area (Å²) in [7, 11) is 0. The molecule has 0 fully saturated rings. The van der Waals surface area contributed by atoms with Crippen LogP contribution in [0.5, 0.6) is 0 Å². The Hall–Kier alpha value is -2.51. The summed E-state index contributed by atoms with van der Waals surface area (Å²) in [5.41, 5.74) is 1.47.